The van der Waals surface area contributed by atoms with Crippen LogP contribution in [0.3, 0.4) is 0 Å². The van der Waals surface area contributed by atoms with E-state index in [1.807, 2.05) is 31.2 Å². The first-order valence-corrected chi connectivity index (χ1v) is 9.59. The van der Waals surface area contributed by atoms with Crippen LogP contribution in [0.5, 0.6) is 5.75 Å². The summed E-state index contributed by atoms with van der Waals surface area (Å²) in [4.78, 5) is 12.4. The lowest BCUT2D eigenvalue weighted by molar-refractivity contribution is -0.117. The summed E-state index contributed by atoms with van der Waals surface area (Å²) in [5.74, 6) is 0.508. The molecule has 1 amide bonds. The Kier molecular flexibility index (Phi) is 6.36. The first-order valence-electron chi connectivity index (χ1n) is 8.05. The standard InChI is InChI=1S/C18H23N3O4S/c1-12(16-6-4-5-7-17(16)25-3)20-13(2)18(22)21-14-8-10-15(11-9-14)26(19,23)24/h4-13,20H,1-3H3,(H,21,22)(H2,19,23,24)/t12-,13+/m0/s1. The normalized spacial score (nSPS) is 13.7. The smallest absolute Gasteiger partial charge is 0.241 e. The molecule has 0 heterocycles. The van der Waals surface area contributed by atoms with Gasteiger partial charge in [-0.1, -0.05) is 18.2 Å². The van der Waals surface area contributed by atoms with Gasteiger partial charge in [-0.3, -0.25) is 10.1 Å². The predicted octanol–water partition coefficient (Wildman–Crippen LogP) is 2.02. The highest BCUT2D eigenvalue weighted by Crippen LogP contribution is 2.24. The Morgan fingerprint density at radius 3 is 2.27 bits per heavy atom. The van der Waals surface area contributed by atoms with Crippen molar-refractivity contribution in [2.24, 2.45) is 5.14 Å². The number of para-hydroxylation sites is 1. The van der Waals surface area contributed by atoms with Crippen molar-refractivity contribution in [3.05, 3.63) is 54.1 Å². The number of carbonyl (C=O) groups excluding carboxylic acids is 1. The Bertz CT molecular complexity index is 866. The van der Waals surface area contributed by atoms with Crippen molar-refractivity contribution in [2.45, 2.75) is 30.8 Å². The summed E-state index contributed by atoms with van der Waals surface area (Å²) >= 11 is 0. The summed E-state index contributed by atoms with van der Waals surface area (Å²) in [6.07, 6.45) is 0. The van der Waals surface area contributed by atoms with Crippen LogP contribution in [0.4, 0.5) is 5.69 Å². The number of hydrogen-bond acceptors (Lipinski definition) is 5. The minimum atomic E-state index is -3.75. The molecule has 2 aromatic carbocycles. The van der Waals surface area contributed by atoms with Gasteiger partial charge < -0.3 is 10.1 Å². The van der Waals surface area contributed by atoms with Crippen LogP contribution < -0.4 is 20.5 Å². The van der Waals surface area contributed by atoms with Gasteiger partial charge in [0.15, 0.2) is 0 Å². The molecule has 7 nitrogen and oxygen atoms in total. The van der Waals surface area contributed by atoms with E-state index in [1.54, 1.807) is 14.0 Å². The summed E-state index contributed by atoms with van der Waals surface area (Å²) in [7, 11) is -2.15. The molecule has 0 aliphatic heterocycles. The molecule has 0 bridgehead atoms. The van der Waals surface area contributed by atoms with Gasteiger partial charge in [-0.15, -0.1) is 0 Å². The van der Waals surface area contributed by atoms with Crippen molar-refractivity contribution >= 4 is 21.6 Å². The third-order valence-corrected chi connectivity index (χ3v) is 4.88. The minimum absolute atomic E-state index is 0.00790. The van der Waals surface area contributed by atoms with Crippen LogP contribution in [0, 0.1) is 0 Å². The first kappa shape index (κ1) is 19.9. The van der Waals surface area contributed by atoms with Gasteiger partial charge in [0.2, 0.25) is 15.9 Å². The second-order valence-corrected chi connectivity index (χ2v) is 7.47. The number of sulfonamides is 1. The maximum absolute atomic E-state index is 12.4. The Hall–Kier alpha value is -2.42. The lowest BCUT2D eigenvalue weighted by atomic mass is 10.1. The SMILES string of the molecule is COc1ccccc1[C@H](C)N[C@H](C)C(=O)Nc1ccc(S(N)(=O)=O)cc1. The molecule has 2 atom stereocenters. The third kappa shape index (κ3) is 5.04. The van der Waals surface area contributed by atoms with Crippen LogP contribution >= 0.6 is 0 Å². The van der Waals surface area contributed by atoms with Gasteiger partial charge in [-0.25, -0.2) is 13.6 Å². The van der Waals surface area contributed by atoms with E-state index in [1.165, 1.54) is 24.3 Å². The number of carbonyl (C=O) groups is 1. The van der Waals surface area contributed by atoms with Crippen LogP contribution in [0.2, 0.25) is 0 Å². The van der Waals surface area contributed by atoms with E-state index >= 15 is 0 Å². The number of benzene rings is 2. The van der Waals surface area contributed by atoms with Gasteiger partial charge in [0.1, 0.15) is 5.75 Å². The maximum Gasteiger partial charge on any atom is 0.241 e. The molecule has 0 aromatic heterocycles. The second kappa shape index (κ2) is 8.31. The van der Waals surface area contributed by atoms with Gasteiger partial charge in [0, 0.05) is 17.3 Å². The lowest BCUT2D eigenvalue weighted by Crippen LogP contribution is -2.39. The first-order chi connectivity index (χ1) is 12.2. The fourth-order valence-corrected chi connectivity index (χ4v) is 3.06. The van der Waals surface area contributed by atoms with Crippen molar-refractivity contribution in [3.8, 4) is 5.75 Å². The molecule has 2 aromatic rings. The van der Waals surface area contributed by atoms with Crippen LogP contribution in [-0.4, -0.2) is 27.5 Å². The molecule has 26 heavy (non-hydrogen) atoms. The van der Waals surface area contributed by atoms with E-state index in [4.69, 9.17) is 9.88 Å². The van der Waals surface area contributed by atoms with E-state index in [0.29, 0.717) is 5.69 Å². The lowest BCUT2D eigenvalue weighted by Gasteiger charge is -2.21. The van der Waals surface area contributed by atoms with E-state index in [0.717, 1.165) is 11.3 Å². The molecule has 0 aliphatic rings. The molecule has 0 fully saturated rings. The zero-order chi connectivity index (χ0) is 19.3. The second-order valence-electron chi connectivity index (χ2n) is 5.91. The predicted molar refractivity (Wildman–Crippen MR) is 100 cm³/mol. The van der Waals surface area contributed by atoms with Crippen LogP contribution in [0.15, 0.2) is 53.4 Å². The summed E-state index contributed by atoms with van der Waals surface area (Å²) in [6, 6.07) is 12.7. The Morgan fingerprint density at radius 2 is 1.69 bits per heavy atom. The van der Waals surface area contributed by atoms with E-state index < -0.39 is 16.1 Å². The number of methoxy groups -OCH3 is 1. The molecule has 8 heteroatoms. The van der Waals surface area contributed by atoms with E-state index in [-0.39, 0.29) is 16.8 Å². The fourth-order valence-electron chi connectivity index (χ4n) is 2.54. The number of anilines is 1. The average molecular weight is 377 g/mol. The van der Waals surface area contributed by atoms with Gasteiger partial charge >= 0.3 is 0 Å². The summed E-state index contributed by atoms with van der Waals surface area (Å²) < 4.78 is 27.8. The molecule has 0 spiro atoms. The van der Waals surface area contributed by atoms with Crippen molar-refractivity contribution < 1.29 is 17.9 Å². The van der Waals surface area contributed by atoms with Gasteiger partial charge in [0.25, 0.3) is 0 Å². The highest BCUT2D eigenvalue weighted by molar-refractivity contribution is 7.89. The Labute approximate surface area is 153 Å². The largest absolute Gasteiger partial charge is 0.496 e. The third-order valence-electron chi connectivity index (χ3n) is 3.95. The van der Waals surface area contributed by atoms with Crippen molar-refractivity contribution in [1.82, 2.24) is 5.32 Å². The van der Waals surface area contributed by atoms with E-state index in [9.17, 15) is 13.2 Å². The monoisotopic (exact) mass is 377 g/mol. The molecular formula is C18H23N3O4S. The molecular weight excluding hydrogens is 354 g/mol. The molecule has 0 aliphatic carbocycles. The Balaban J connectivity index is 2.01. The number of hydrogen-bond donors (Lipinski definition) is 3. The molecule has 0 saturated heterocycles. The van der Waals surface area contributed by atoms with Gasteiger partial charge in [-0.2, -0.15) is 0 Å². The zero-order valence-electron chi connectivity index (χ0n) is 14.9. The maximum atomic E-state index is 12.4. The topological polar surface area (TPSA) is 111 Å². The average Bonchev–Trinajstić information content (AvgIpc) is 2.61. The Morgan fingerprint density at radius 1 is 1.08 bits per heavy atom. The van der Waals surface area contributed by atoms with Crippen molar-refractivity contribution in [2.75, 3.05) is 12.4 Å². The molecule has 4 N–H and O–H groups in total. The molecule has 0 unspecified atom stereocenters. The van der Waals surface area contributed by atoms with Crippen LogP contribution in [0.25, 0.3) is 0 Å². The highest BCUT2D eigenvalue weighted by atomic mass is 32.2. The highest BCUT2D eigenvalue weighted by Gasteiger charge is 2.18. The van der Waals surface area contributed by atoms with Crippen LogP contribution in [0.1, 0.15) is 25.5 Å². The fraction of sp³-hybridized carbons (Fsp3) is 0.278. The van der Waals surface area contributed by atoms with Gasteiger partial charge in [-0.05, 0) is 44.2 Å². The molecule has 140 valence electrons. The van der Waals surface area contributed by atoms with E-state index in [2.05, 4.69) is 10.6 Å². The summed E-state index contributed by atoms with van der Waals surface area (Å²) in [5.41, 5.74) is 1.44. The molecule has 2 rings (SSSR count). The minimum Gasteiger partial charge on any atom is -0.496 e. The quantitative estimate of drug-likeness (QED) is 0.684. The van der Waals surface area contributed by atoms with Gasteiger partial charge in [0.05, 0.1) is 18.0 Å². The molecule has 0 radical (unpaired) electrons. The number of nitrogens with two attached hydrogens (primary N) is 1. The number of ether oxygens (including phenoxy) is 1. The zero-order valence-corrected chi connectivity index (χ0v) is 15.7. The number of rotatable bonds is 7. The van der Waals surface area contributed by atoms with Crippen molar-refractivity contribution in [1.29, 1.82) is 0 Å². The number of nitrogens with one attached hydrogen (secondary N) is 2. The van der Waals surface area contributed by atoms with Crippen LogP contribution in [-0.2, 0) is 14.8 Å². The number of primary sulfonamides is 1. The number of amides is 1. The molecule has 0 saturated carbocycles. The summed E-state index contributed by atoms with van der Waals surface area (Å²) in [5, 5.41) is 11.0. The van der Waals surface area contributed by atoms with Crippen molar-refractivity contribution in [3.63, 3.8) is 0 Å². The summed E-state index contributed by atoms with van der Waals surface area (Å²) in [6.45, 7) is 3.70.